The number of nitrogens with zero attached hydrogens (tertiary/aromatic N) is 1. The molecule has 2 rings (SSSR count). The molecule has 1 aromatic carbocycles. The van der Waals surface area contributed by atoms with E-state index in [9.17, 15) is 9.59 Å². The van der Waals surface area contributed by atoms with Crippen LogP contribution in [0.5, 0.6) is 0 Å². The Bertz CT molecular complexity index is 519. The van der Waals surface area contributed by atoms with Crippen LogP contribution >= 0.6 is 12.4 Å². The number of hydrogen-bond donors (Lipinski definition) is 2. The van der Waals surface area contributed by atoms with E-state index in [1.165, 1.54) is 5.56 Å². The van der Waals surface area contributed by atoms with E-state index in [4.69, 9.17) is 5.73 Å². The molecule has 1 heterocycles. The molecule has 1 atom stereocenters. The highest BCUT2D eigenvalue weighted by Crippen LogP contribution is 2.08. The van der Waals surface area contributed by atoms with Crippen LogP contribution in [0.25, 0.3) is 0 Å². The number of aryl methyl sites for hydroxylation is 2. The van der Waals surface area contributed by atoms with Crippen LogP contribution in [-0.2, 0) is 16.0 Å². The van der Waals surface area contributed by atoms with Crippen LogP contribution in [0.4, 0.5) is 0 Å². The second-order valence-corrected chi connectivity index (χ2v) is 6.00. The van der Waals surface area contributed by atoms with Crippen LogP contribution in [0.1, 0.15) is 30.4 Å². The zero-order chi connectivity index (χ0) is 15.9. The van der Waals surface area contributed by atoms with Gasteiger partial charge in [-0.2, -0.15) is 0 Å². The number of amides is 2. The van der Waals surface area contributed by atoms with Gasteiger partial charge in [0.05, 0.1) is 6.54 Å². The molecule has 0 aromatic heterocycles. The predicted molar refractivity (Wildman–Crippen MR) is 93.5 cm³/mol. The van der Waals surface area contributed by atoms with E-state index in [1.807, 2.05) is 31.2 Å². The number of nitrogens with two attached hydrogens (primary N) is 1. The quantitative estimate of drug-likeness (QED) is 0.851. The number of nitrogens with one attached hydrogen (secondary N) is 1. The largest absolute Gasteiger partial charge is 0.347 e. The van der Waals surface area contributed by atoms with Crippen LogP contribution in [0.3, 0.4) is 0 Å². The highest BCUT2D eigenvalue weighted by atomic mass is 35.5. The monoisotopic (exact) mass is 339 g/mol. The summed E-state index contributed by atoms with van der Waals surface area (Å²) >= 11 is 0. The number of piperidine rings is 1. The molecule has 1 fully saturated rings. The summed E-state index contributed by atoms with van der Waals surface area (Å²) < 4.78 is 0. The zero-order valence-corrected chi connectivity index (χ0v) is 14.4. The third-order valence-electron chi connectivity index (χ3n) is 4.01. The van der Waals surface area contributed by atoms with Gasteiger partial charge in [0.15, 0.2) is 0 Å². The van der Waals surface area contributed by atoms with Gasteiger partial charge in [0.2, 0.25) is 11.8 Å². The molecular weight excluding hydrogens is 314 g/mol. The molecule has 1 aromatic rings. The Morgan fingerprint density at radius 1 is 1.30 bits per heavy atom. The van der Waals surface area contributed by atoms with E-state index in [1.54, 1.807) is 4.90 Å². The van der Waals surface area contributed by atoms with Crippen LogP contribution in [-0.4, -0.2) is 42.4 Å². The molecule has 3 N–H and O–H groups in total. The normalized spacial score (nSPS) is 17.3. The van der Waals surface area contributed by atoms with E-state index in [2.05, 4.69) is 5.32 Å². The molecule has 0 aliphatic carbocycles. The highest BCUT2D eigenvalue weighted by Gasteiger charge is 2.21. The third-order valence-corrected chi connectivity index (χ3v) is 4.01. The topological polar surface area (TPSA) is 75.4 Å². The minimum absolute atomic E-state index is 0. The molecule has 1 unspecified atom stereocenters. The van der Waals surface area contributed by atoms with E-state index < -0.39 is 0 Å². The Kier molecular flexibility index (Phi) is 8.06. The summed E-state index contributed by atoms with van der Waals surface area (Å²) in [5.74, 6) is -0.130. The minimum atomic E-state index is -0.0877. The molecule has 23 heavy (non-hydrogen) atoms. The number of rotatable bonds is 5. The lowest BCUT2D eigenvalue weighted by atomic mass is 10.1. The van der Waals surface area contributed by atoms with E-state index in [0.29, 0.717) is 19.4 Å². The van der Waals surface area contributed by atoms with Crippen molar-refractivity contribution in [3.63, 3.8) is 0 Å². The Balaban J connectivity index is 0.00000264. The summed E-state index contributed by atoms with van der Waals surface area (Å²) in [4.78, 5) is 25.6. The lowest BCUT2D eigenvalue weighted by Crippen LogP contribution is -2.48. The molecule has 0 bridgehead atoms. The zero-order valence-electron chi connectivity index (χ0n) is 13.6. The Morgan fingerprint density at radius 2 is 2.00 bits per heavy atom. The van der Waals surface area contributed by atoms with Gasteiger partial charge in [-0.15, -0.1) is 12.4 Å². The maximum absolute atomic E-state index is 12.0. The summed E-state index contributed by atoms with van der Waals surface area (Å²) in [5.41, 5.74) is 8.20. The number of carbonyl (C=O) groups is 2. The van der Waals surface area contributed by atoms with Crippen LogP contribution in [0, 0.1) is 6.92 Å². The SMILES string of the molecule is Cc1ccc(CCC(=O)NCC(=O)N2CCCC(N)C2)cc1.Cl. The summed E-state index contributed by atoms with van der Waals surface area (Å²) in [6, 6.07) is 8.20. The minimum Gasteiger partial charge on any atom is -0.347 e. The predicted octanol–water partition coefficient (Wildman–Crippen LogP) is 1.42. The smallest absolute Gasteiger partial charge is 0.242 e. The molecule has 1 saturated heterocycles. The van der Waals surface area contributed by atoms with Gasteiger partial charge in [-0.25, -0.2) is 0 Å². The highest BCUT2D eigenvalue weighted by molar-refractivity contribution is 5.85. The average Bonchev–Trinajstić information content (AvgIpc) is 2.52. The van der Waals surface area contributed by atoms with Crippen molar-refractivity contribution in [3.05, 3.63) is 35.4 Å². The number of hydrogen-bond acceptors (Lipinski definition) is 3. The second kappa shape index (κ2) is 9.53. The van der Waals surface area contributed by atoms with Gasteiger partial charge in [0.1, 0.15) is 0 Å². The van der Waals surface area contributed by atoms with E-state index in [0.717, 1.165) is 24.9 Å². The molecule has 0 spiro atoms. The van der Waals surface area contributed by atoms with Crippen molar-refractivity contribution in [2.75, 3.05) is 19.6 Å². The molecule has 2 amide bonds. The summed E-state index contributed by atoms with van der Waals surface area (Å²) in [5, 5.41) is 2.71. The van der Waals surface area contributed by atoms with Gasteiger partial charge in [-0.05, 0) is 31.7 Å². The van der Waals surface area contributed by atoms with E-state index >= 15 is 0 Å². The van der Waals surface area contributed by atoms with Crippen molar-refractivity contribution in [1.82, 2.24) is 10.2 Å². The maximum atomic E-state index is 12.0. The third kappa shape index (κ3) is 6.59. The molecule has 0 saturated carbocycles. The summed E-state index contributed by atoms with van der Waals surface area (Å²) in [7, 11) is 0. The average molecular weight is 340 g/mol. The first-order valence-electron chi connectivity index (χ1n) is 7.90. The lowest BCUT2D eigenvalue weighted by molar-refractivity contribution is -0.133. The fourth-order valence-electron chi connectivity index (χ4n) is 2.62. The van der Waals surface area contributed by atoms with Gasteiger partial charge >= 0.3 is 0 Å². The van der Waals surface area contributed by atoms with Gasteiger partial charge in [0.25, 0.3) is 0 Å². The number of carbonyl (C=O) groups excluding carboxylic acids is 2. The molecule has 1 aliphatic heterocycles. The first-order valence-corrected chi connectivity index (χ1v) is 7.90. The van der Waals surface area contributed by atoms with Crippen LogP contribution in [0.2, 0.25) is 0 Å². The van der Waals surface area contributed by atoms with E-state index in [-0.39, 0.29) is 36.8 Å². The van der Waals surface area contributed by atoms with Crippen molar-refractivity contribution >= 4 is 24.2 Å². The number of likely N-dealkylation sites (tertiary alicyclic amines) is 1. The Hall–Kier alpha value is -1.59. The fraction of sp³-hybridized carbons (Fsp3) is 0.529. The fourth-order valence-corrected chi connectivity index (χ4v) is 2.62. The summed E-state index contributed by atoms with van der Waals surface area (Å²) in [6.07, 6.45) is 2.99. The Morgan fingerprint density at radius 3 is 2.65 bits per heavy atom. The van der Waals surface area contributed by atoms with Crippen molar-refractivity contribution in [3.8, 4) is 0 Å². The molecule has 5 nitrogen and oxygen atoms in total. The standard InChI is InChI=1S/C17H25N3O2.ClH/c1-13-4-6-14(7-5-13)8-9-16(21)19-11-17(22)20-10-2-3-15(18)12-20;/h4-7,15H,2-3,8-12,18H2,1H3,(H,19,21);1H. The first-order chi connectivity index (χ1) is 10.5. The van der Waals surface area contributed by atoms with Crippen molar-refractivity contribution < 1.29 is 9.59 Å². The van der Waals surface area contributed by atoms with Crippen molar-refractivity contribution in [2.24, 2.45) is 5.73 Å². The molecule has 128 valence electrons. The van der Waals surface area contributed by atoms with Gasteiger partial charge < -0.3 is 16.0 Å². The summed E-state index contributed by atoms with van der Waals surface area (Å²) in [6.45, 7) is 3.44. The van der Waals surface area contributed by atoms with Crippen LogP contribution < -0.4 is 11.1 Å². The molecule has 6 heteroatoms. The van der Waals surface area contributed by atoms with Crippen LogP contribution in [0.15, 0.2) is 24.3 Å². The second-order valence-electron chi connectivity index (χ2n) is 6.00. The molecular formula is C17H26ClN3O2. The van der Waals surface area contributed by atoms with Gasteiger partial charge in [0, 0.05) is 25.6 Å². The number of halogens is 1. The Labute approximate surface area is 144 Å². The van der Waals surface area contributed by atoms with Crippen molar-refractivity contribution in [1.29, 1.82) is 0 Å². The molecule has 0 radical (unpaired) electrons. The lowest BCUT2D eigenvalue weighted by Gasteiger charge is -2.30. The first kappa shape index (κ1) is 19.5. The number of benzene rings is 1. The maximum Gasteiger partial charge on any atom is 0.242 e. The van der Waals surface area contributed by atoms with Gasteiger partial charge in [-0.1, -0.05) is 29.8 Å². The van der Waals surface area contributed by atoms with Crippen molar-refractivity contribution in [2.45, 2.75) is 38.6 Å². The molecule has 1 aliphatic rings. The van der Waals surface area contributed by atoms with Gasteiger partial charge in [-0.3, -0.25) is 9.59 Å².